The number of aromatic nitrogens is 1. The van der Waals surface area contributed by atoms with Gasteiger partial charge in [-0.15, -0.1) is 0 Å². The second kappa shape index (κ2) is 7.21. The van der Waals surface area contributed by atoms with Crippen LogP contribution in [0.3, 0.4) is 0 Å². The minimum atomic E-state index is -1.01. The number of ether oxygens (including phenoxy) is 1. The maximum Gasteiger partial charge on any atom is 0.354 e. The molecule has 1 saturated heterocycles. The average Bonchev–Trinajstić information content (AvgIpc) is 2.62. The summed E-state index contributed by atoms with van der Waals surface area (Å²) in [5.74, 6) is 0.436. The first-order valence-corrected chi connectivity index (χ1v) is 8.01. The topological polar surface area (TPSA) is 74.7 Å². The first-order chi connectivity index (χ1) is 11.7. The number of nitrogens with one attached hydrogen (secondary N) is 1. The zero-order chi connectivity index (χ0) is 16.9. The number of methoxy groups -OCH3 is 1. The molecule has 24 heavy (non-hydrogen) atoms. The molecule has 3 rings (SSSR count). The van der Waals surface area contributed by atoms with E-state index in [0.29, 0.717) is 5.82 Å². The second-order valence-corrected chi connectivity index (χ2v) is 5.84. The largest absolute Gasteiger partial charge is 0.497 e. The van der Waals surface area contributed by atoms with Crippen molar-refractivity contribution in [3.63, 3.8) is 0 Å². The molecule has 1 aliphatic rings. The van der Waals surface area contributed by atoms with Crippen LogP contribution in [0.25, 0.3) is 0 Å². The summed E-state index contributed by atoms with van der Waals surface area (Å²) in [6.45, 7) is 1.83. The molecule has 0 spiro atoms. The lowest BCUT2D eigenvalue weighted by molar-refractivity contribution is 0.0690. The van der Waals surface area contributed by atoms with Crippen molar-refractivity contribution in [3.05, 3.63) is 48.2 Å². The highest BCUT2D eigenvalue weighted by Gasteiger charge is 2.21. The lowest BCUT2D eigenvalue weighted by atomic mass is 10.0. The molecule has 1 aliphatic heterocycles. The first-order valence-electron chi connectivity index (χ1n) is 8.01. The molecule has 0 radical (unpaired) electrons. The SMILES string of the molecule is COc1cccc(N2CCCC(Nc3cccc(C(=O)O)n3)C2)c1. The van der Waals surface area contributed by atoms with Crippen LogP contribution in [-0.2, 0) is 0 Å². The molecule has 0 aliphatic carbocycles. The van der Waals surface area contributed by atoms with Crippen molar-refractivity contribution in [2.45, 2.75) is 18.9 Å². The van der Waals surface area contributed by atoms with Crippen LogP contribution < -0.4 is 15.0 Å². The van der Waals surface area contributed by atoms with Gasteiger partial charge in [0.25, 0.3) is 0 Å². The maximum absolute atomic E-state index is 11.0. The van der Waals surface area contributed by atoms with Crippen molar-refractivity contribution < 1.29 is 14.6 Å². The van der Waals surface area contributed by atoms with E-state index in [4.69, 9.17) is 9.84 Å². The smallest absolute Gasteiger partial charge is 0.354 e. The van der Waals surface area contributed by atoms with Crippen LogP contribution >= 0.6 is 0 Å². The summed E-state index contributed by atoms with van der Waals surface area (Å²) < 4.78 is 5.30. The third-order valence-corrected chi connectivity index (χ3v) is 4.16. The highest BCUT2D eigenvalue weighted by Crippen LogP contribution is 2.25. The molecule has 2 aromatic rings. The van der Waals surface area contributed by atoms with Gasteiger partial charge in [-0.3, -0.25) is 0 Å². The number of carbonyl (C=O) groups is 1. The van der Waals surface area contributed by atoms with E-state index >= 15 is 0 Å². The summed E-state index contributed by atoms with van der Waals surface area (Å²) in [5.41, 5.74) is 1.19. The Morgan fingerprint density at radius 2 is 2.17 bits per heavy atom. The molecule has 6 nitrogen and oxygen atoms in total. The van der Waals surface area contributed by atoms with Gasteiger partial charge in [-0.25, -0.2) is 9.78 Å². The predicted octanol–water partition coefficient (Wildman–Crippen LogP) is 2.87. The molecule has 1 aromatic heterocycles. The molecular formula is C18H21N3O3. The van der Waals surface area contributed by atoms with Gasteiger partial charge in [0.05, 0.1) is 7.11 Å². The molecule has 0 saturated carbocycles. The third-order valence-electron chi connectivity index (χ3n) is 4.16. The lowest BCUT2D eigenvalue weighted by Gasteiger charge is -2.35. The molecular weight excluding hydrogens is 306 g/mol. The Labute approximate surface area is 141 Å². The molecule has 1 atom stereocenters. The van der Waals surface area contributed by atoms with E-state index in [0.717, 1.165) is 37.4 Å². The third kappa shape index (κ3) is 3.76. The Balaban J connectivity index is 1.69. The molecule has 0 bridgehead atoms. The average molecular weight is 327 g/mol. The van der Waals surface area contributed by atoms with Crippen molar-refractivity contribution in [3.8, 4) is 5.75 Å². The van der Waals surface area contributed by atoms with Gasteiger partial charge >= 0.3 is 5.97 Å². The Bertz CT molecular complexity index is 720. The minimum absolute atomic E-state index is 0.0560. The second-order valence-electron chi connectivity index (χ2n) is 5.84. The van der Waals surface area contributed by atoms with E-state index in [1.54, 1.807) is 19.2 Å². The Kier molecular flexibility index (Phi) is 4.84. The van der Waals surface area contributed by atoms with Crippen LogP contribution in [-0.4, -0.2) is 42.3 Å². The van der Waals surface area contributed by atoms with E-state index in [2.05, 4.69) is 21.3 Å². The number of carboxylic acids is 1. The lowest BCUT2D eigenvalue weighted by Crippen LogP contribution is -2.42. The fourth-order valence-electron chi connectivity index (χ4n) is 2.98. The number of anilines is 2. The Hall–Kier alpha value is -2.76. The predicted molar refractivity (Wildman–Crippen MR) is 93.0 cm³/mol. The van der Waals surface area contributed by atoms with Gasteiger partial charge in [0.15, 0.2) is 5.69 Å². The molecule has 1 unspecified atom stereocenters. The summed E-state index contributed by atoms with van der Waals surface area (Å²) >= 11 is 0. The fourth-order valence-corrected chi connectivity index (χ4v) is 2.98. The van der Waals surface area contributed by atoms with Gasteiger partial charge in [0.2, 0.25) is 0 Å². The molecule has 6 heteroatoms. The van der Waals surface area contributed by atoms with Crippen LogP contribution in [0.5, 0.6) is 5.75 Å². The van der Waals surface area contributed by atoms with Crippen molar-refractivity contribution in [1.29, 1.82) is 0 Å². The number of piperidine rings is 1. The minimum Gasteiger partial charge on any atom is -0.497 e. The number of benzene rings is 1. The highest BCUT2D eigenvalue weighted by atomic mass is 16.5. The summed E-state index contributed by atoms with van der Waals surface area (Å²) in [7, 11) is 1.67. The normalized spacial score (nSPS) is 17.4. The van der Waals surface area contributed by atoms with Crippen LogP contribution in [0.2, 0.25) is 0 Å². The van der Waals surface area contributed by atoms with Gasteiger partial charge in [0, 0.05) is 30.9 Å². The van der Waals surface area contributed by atoms with Crippen molar-refractivity contribution in [1.82, 2.24) is 4.98 Å². The van der Waals surface area contributed by atoms with E-state index in [-0.39, 0.29) is 11.7 Å². The molecule has 126 valence electrons. The zero-order valence-electron chi connectivity index (χ0n) is 13.6. The molecule has 1 fully saturated rings. The van der Waals surface area contributed by atoms with Crippen LogP contribution in [0, 0.1) is 0 Å². The number of pyridine rings is 1. The van der Waals surface area contributed by atoms with Crippen LogP contribution in [0.4, 0.5) is 11.5 Å². The van der Waals surface area contributed by atoms with Gasteiger partial charge in [-0.1, -0.05) is 12.1 Å². The van der Waals surface area contributed by atoms with Crippen molar-refractivity contribution in [2.75, 3.05) is 30.4 Å². The van der Waals surface area contributed by atoms with E-state index in [9.17, 15) is 4.79 Å². The van der Waals surface area contributed by atoms with Crippen molar-refractivity contribution in [2.24, 2.45) is 0 Å². The van der Waals surface area contributed by atoms with Crippen LogP contribution in [0.1, 0.15) is 23.3 Å². The van der Waals surface area contributed by atoms with E-state index < -0.39 is 5.97 Å². The molecule has 2 N–H and O–H groups in total. The first kappa shape index (κ1) is 16.1. The Morgan fingerprint density at radius 1 is 1.33 bits per heavy atom. The summed E-state index contributed by atoms with van der Waals surface area (Å²) in [4.78, 5) is 17.5. The summed E-state index contributed by atoms with van der Waals surface area (Å²) in [5, 5.41) is 12.4. The molecule has 1 aromatic carbocycles. The number of nitrogens with zero attached hydrogens (tertiary/aromatic N) is 2. The zero-order valence-corrected chi connectivity index (χ0v) is 13.6. The highest BCUT2D eigenvalue weighted by molar-refractivity contribution is 5.85. The molecule has 0 amide bonds. The van der Waals surface area contributed by atoms with Gasteiger partial charge < -0.3 is 20.1 Å². The van der Waals surface area contributed by atoms with Gasteiger partial charge in [-0.2, -0.15) is 0 Å². The fraction of sp³-hybridized carbons (Fsp3) is 0.333. The Morgan fingerprint density at radius 3 is 2.96 bits per heavy atom. The number of hydrogen-bond donors (Lipinski definition) is 2. The summed E-state index contributed by atoms with van der Waals surface area (Å²) in [6.07, 6.45) is 2.09. The quantitative estimate of drug-likeness (QED) is 0.879. The van der Waals surface area contributed by atoms with Gasteiger partial charge in [0.1, 0.15) is 11.6 Å². The van der Waals surface area contributed by atoms with Crippen molar-refractivity contribution >= 4 is 17.5 Å². The molecule has 2 heterocycles. The van der Waals surface area contributed by atoms with E-state index in [1.807, 2.05) is 18.2 Å². The maximum atomic E-state index is 11.0. The number of aromatic carboxylic acids is 1. The van der Waals surface area contributed by atoms with E-state index in [1.165, 1.54) is 6.07 Å². The van der Waals surface area contributed by atoms with Gasteiger partial charge in [-0.05, 0) is 37.1 Å². The number of rotatable bonds is 5. The number of carboxylic acid groups (broad SMARTS) is 1. The summed E-state index contributed by atoms with van der Waals surface area (Å²) in [6, 6.07) is 13.3. The standard InChI is InChI=1S/C18H21N3O3/c1-24-15-7-2-6-14(11-15)21-10-4-5-13(12-21)19-17-9-3-8-16(20-17)18(22)23/h2-3,6-9,11,13H,4-5,10,12H2,1H3,(H,19,20)(H,22,23). The van der Waals surface area contributed by atoms with Crippen LogP contribution in [0.15, 0.2) is 42.5 Å². The number of hydrogen-bond acceptors (Lipinski definition) is 5. The monoisotopic (exact) mass is 327 g/mol.